The number of aliphatic hydroxyl groups is 2. The van der Waals surface area contributed by atoms with E-state index in [0.29, 0.717) is 0 Å². The Morgan fingerprint density at radius 2 is 2.12 bits per heavy atom. The third kappa shape index (κ3) is 3.51. The van der Waals surface area contributed by atoms with Gasteiger partial charge in [0.25, 0.3) is 0 Å². The molecule has 0 saturated heterocycles. The van der Waals surface area contributed by atoms with E-state index in [1.807, 2.05) is 0 Å². The van der Waals surface area contributed by atoms with Crippen molar-refractivity contribution in [2.75, 3.05) is 6.54 Å². The van der Waals surface area contributed by atoms with Crippen LogP contribution in [0.25, 0.3) is 10.4 Å². The van der Waals surface area contributed by atoms with Crippen LogP contribution in [-0.2, 0) is 0 Å². The van der Waals surface area contributed by atoms with Crippen LogP contribution in [0.5, 0.6) is 5.75 Å². The average molecular weight is 258 g/mol. The van der Waals surface area contributed by atoms with Gasteiger partial charge in [-0.15, -0.1) is 0 Å². The topological polar surface area (TPSA) is 109 Å². The van der Waals surface area contributed by atoms with Gasteiger partial charge < -0.3 is 15.3 Å². The lowest BCUT2D eigenvalue weighted by atomic mass is 10.0. The Hall–Kier alpha value is -1.46. The van der Waals surface area contributed by atoms with Gasteiger partial charge in [-0.3, -0.25) is 0 Å². The van der Waals surface area contributed by atoms with Gasteiger partial charge in [0.2, 0.25) is 0 Å². The fourth-order valence-electron chi connectivity index (χ4n) is 1.37. The van der Waals surface area contributed by atoms with Crippen LogP contribution in [0.4, 0.5) is 0 Å². The quantitative estimate of drug-likeness (QED) is 0.427. The zero-order chi connectivity index (χ0) is 12.8. The fraction of sp³-hybridized carbons (Fsp3) is 0.400. The van der Waals surface area contributed by atoms with Crippen molar-refractivity contribution in [3.05, 3.63) is 39.2 Å². The molecule has 3 N–H and O–H groups in total. The van der Waals surface area contributed by atoms with Crippen molar-refractivity contribution >= 4 is 11.6 Å². The van der Waals surface area contributed by atoms with Crippen molar-refractivity contribution in [1.82, 2.24) is 0 Å². The van der Waals surface area contributed by atoms with Crippen LogP contribution in [-0.4, -0.2) is 28.0 Å². The van der Waals surface area contributed by atoms with Gasteiger partial charge in [0.15, 0.2) is 0 Å². The molecule has 1 aromatic carbocycles. The second-order valence-electron chi connectivity index (χ2n) is 3.44. The second kappa shape index (κ2) is 6.32. The maximum absolute atomic E-state index is 9.81. The number of hydrogen-bond acceptors (Lipinski definition) is 4. The van der Waals surface area contributed by atoms with Crippen molar-refractivity contribution in [3.8, 4) is 5.75 Å². The Morgan fingerprint density at radius 1 is 1.41 bits per heavy atom. The molecule has 0 saturated carbocycles. The zero-order valence-electron chi connectivity index (χ0n) is 8.86. The number of aromatic hydroxyl groups is 1. The van der Waals surface area contributed by atoms with Crippen LogP contribution in [0.15, 0.2) is 23.3 Å². The molecular weight excluding hydrogens is 246 g/mol. The largest absolute Gasteiger partial charge is 0.506 e. The van der Waals surface area contributed by atoms with Crippen LogP contribution in [0.3, 0.4) is 0 Å². The summed E-state index contributed by atoms with van der Waals surface area (Å²) in [5, 5.41) is 32.1. The standard InChI is InChI=1S/C10H12ClN3O3/c11-9-6(2-1-3-7(9)15)10(17)8(16)4-5-13-14-12/h1-3,8,10,15-17H,4-5H2. The molecule has 0 bridgehead atoms. The lowest BCUT2D eigenvalue weighted by molar-refractivity contribution is 0.0150. The van der Waals surface area contributed by atoms with E-state index in [1.165, 1.54) is 18.2 Å². The molecule has 6 nitrogen and oxygen atoms in total. The Bertz CT molecular complexity index is 435. The summed E-state index contributed by atoms with van der Waals surface area (Å²) in [5.41, 5.74) is 8.31. The van der Waals surface area contributed by atoms with Crippen molar-refractivity contribution in [3.63, 3.8) is 0 Å². The predicted molar refractivity (Wildman–Crippen MR) is 62.7 cm³/mol. The average Bonchev–Trinajstić information content (AvgIpc) is 2.32. The molecule has 0 heterocycles. The molecule has 0 radical (unpaired) electrons. The maximum atomic E-state index is 9.81. The third-order valence-electron chi connectivity index (χ3n) is 2.28. The first-order valence-corrected chi connectivity index (χ1v) is 5.30. The van der Waals surface area contributed by atoms with E-state index in [1.54, 1.807) is 0 Å². The van der Waals surface area contributed by atoms with Crippen LogP contribution in [0.2, 0.25) is 5.02 Å². The molecule has 7 heteroatoms. The lowest BCUT2D eigenvalue weighted by Crippen LogP contribution is -2.19. The molecule has 0 aliphatic rings. The van der Waals surface area contributed by atoms with E-state index in [9.17, 15) is 15.3 Å². The monoisotopic (exact) mass is 257 g/mol. The first-order valence-electron chi connectivity index (χ1n) is 4.92. The smallest absolute Gasteiger partial charge is 0.134 e. The number of aliphatic hydroxyl groups excluding tert-OH is 2. The first kappa shape index (κ1) is 13.6. The highest BCUT2D eigenvalue weighted by Crippen LogP contribution is 2.32. The van der Waals surface area contributed by atoms with E-state index in [-0.39, 0.29) is 29.3 Å². The van der Waals surface area contributed by atoms with Gasteiger partial charge in [0.05, 0.1) is 11.1 Å². The highest BCUT2D eigenvalue weighted by molar-refractivity contribution is 6.32. The van der Waals surface area contributed by atoms with Gasteiger partial charge in [-0.2, -0.15) is 0 Å². The number of nitrogens with zero attached hydrogens (tertiary/aromatic N) is 3. The van der Waals surface area contributed by atoms with Gasteiger partial charge in [-0.25, -0.2) is 0 Å². The van der Waals surface area contributed by atoms with E-state index in [2.05, 4.69) is 10.0 Å². The van der Waals surface area contributed by atoms with Gasteiger partial charge >= 0.3 is 0 Å². The summed E-state index contributed by atoms with van der Waals surface area (Å²) in [5.74, 6) is -0.162. The summed E-state index contributed by atoms with van der Waals surface area (Å²) in [7, 11) is 0. The highest BCUT2D eigenvalue weighted by atomic mass is 35.5. The number of azide groups is 1. The number of hydrogen-bond donors (Lipinski definition) is 3. The number of benzene rings is 1. The van der Waals surface area contributed by atoms with Crippen LogP contribution < -0.4 is 0 Å². The summed E-state index contributed by atoms with van der Waals surface area (Å²) in [4.78, 5) is 2.54. The van der Waals surface area contributed by atoms with Gasteiger partial charge in [0.1, 0.15) is 11.9 Å². The third-order valence-corrected chi connectivity index (χ3v) is 2.69. The summed E-state index contributed by atoms with van der Waals surface area (Å²) in [6.45, 7) is 0.0746. The zero-order valence-corrected chi connectivity index (χ0v) is 9.62. The Labute approximate surface area is 103 Å². The van der Waals surface area contributed by atoms with Crippen LogP contribution >= 0.6 is 11.6 Å². The molecule has 2 unspecified atom stereocenters. The number of rotatable bonds is 5. The van der Waals surface area contributed by atoms with E-state index in [0.717, 1.165) is 0 Å². The molecule has 0 amide bonds. The van der Waals surface area contributed by atoms with Gasteiger partial charge in [-0.1, -0.05) is 28.8 Å². The predicted octanol–water partition coefficient (Wildman–Crippen LogP) is 2.14. The summed E-state index contributed by atoms with van der Waals surface area (Å²) in [6.07, 6.45) is -2.24. The second-order valence-corrected chi connectivity index (χ2v) is 3.81. The van der Waals surface area contributed by atoms with Gasteiger partial charge in [-0.05, 0) is 18.0 Å². The van der Waals surface area contributed by atoms with Crippen molar-refractivity contribution < 1.29 is 15.3 Å². The summed E-state index contributed by atoms with van der Waals surface area (Å²) < 4.78 is 0. The molecule has 2 atom stereocenters. The fourth-order valence-corrected chi connectivity index (χ4v) is 1.60. The number of halogens is 1. The Morgan fingerprint density at radius 3 is 2.76 bits per heavy atom. The molecule has 0 spiro atoms. The normalized spacial score (nSPS) is 13.8. The molecule has 0 aromatic heterocycles. The summed E-state index contributed by atoms with van der Waals surface area (Å²) in [6, 6.07) is 4.40. The van der Waals surface area contributed by atoms with E-state index < -0.39 is 12.2 Å². The van der Waals surface area contributed by atoms with E-state index >= 15 is 0 Å². The Balaban J connectivity index is 2.77. The minimum atomic E-state index is -1.23. The minimum absolute atomic E-state index is 0.00262. The highest BCUT2D eigenvalue weighted by Gasteiger charge is 2.21. The van der Waals surface area contributed by atoms with Gasteiger partial charge in [0, 0.05) is 17.0 Å². The molecule has 0 aliphatic carbocycles. The van der Waals surface area contributed by atoms with Crippen molar-refractivity contribution in [2.24, 2.45) is 5.11 Å². The number of phenolic OH excluding ortho intramolecular Hbond substituents is 1. The molecule has 1 aromatic rings. The maximum Gasteiger partial charge on any atom is 0.134 e. The SMILES string of the molecule is [N-]=[N+]=NCCC(O)C(O)c1cccc(O)c1Cl. The summed E-state index contributed by atoms with van der Waals surface area (Å²) >= 11 is 5.79. The molecular formula is C10H12ClN3O3. The minimum Gasteiger partial charge on any atom is -0.506 e. The molecule has 0 aliphatic heterocycles. The molecule has 92 valence electrons. The first-order chi connectivity index (χ1) is 8.07. The van der Waals surface area contributed by atoms with Crippen LogP contribution in [0.1, 0.15) is 18.1 Å². The van der Waals surface area contributed by atoms with Crippen LogP contribution in [0, 0.1) is 0 Å². The molecule has 1 rings (SSSR count). The Kier molecular flexibility index (Phi) is 5.06. The molecule has 0 fully saturated rings. The lowest BCUT2D eigenvalue weighted by Gasteiger charge is -2.18. The molecule has 17 heavy (non-hydrogen) atoms. The van der Waals surface area contributed by atoms with Crippen molar-refractivity contribution in [1.29, 1.82) is 0 Å². The van der Waals surface area contributed by atoms with E-state index in [4.69, 9.17) is 17.1 Å². The van der Waals surface area contributed by atoms with Crippen molar-refractivity contribution in [2.45, 2.75) is 18.6 Å². The number of phenols is 1.